The lowest BCUT2D eigenvalue weighted by molar-refractivity contribution is 0.0746. The average Bonchev–Trinajstić information content (AvgIpc) is 2.78. The summed E-state index contributed by atoms with van der Waals surface area (Å²) in [5.41, 5.74) is 1.14. The molecule has 0 spiro atoms. The van der Waals surface area contributed by atoms with E-state index in [1.54, 1.807) is 42.3 Å². The molecule has 2 aromatic rings. The molecule has 1 aliphatic rings. The fourth-order valence-corrected chi connectivity index (χ4v) is 3.54. The summed E-state index contributed by atoms with van der Waals surface area (Å²) in [6, 6.07) is 11.8. The normalized spacial score (nSPS) is 13.8. The Bertz CT molecular complexity index is 963. The second kappa shape index (κ2) is 10.2. The van der Waals surface area contributed by atoms with Crippen LogP contribution < -0.4 is 14.4 Å². The molecule has 1 fully saturated rings. The highest BCUT2D eigenvalue weighted by atomic mass is 19.1. The Morgan fingerprint density at radius 3 is 2.55 bits per heavy atom. The molecular weight excluding hydrogens is 397 g/mol. The SMILES string of the molecule is COc1cc(C(=O)N2CCN(c3cccc(F)c3C#N)CC2)ccc1OCCC(C)C. The molecule has 7 heteroatoms. The summed E-state index contributed by atoms with van der Waals surface area (Å²) < 4.78 is 25.1. The van der Waals surface area contributed by atoms with E-state index in [0.29, 0.717) is 61.5 Å². The number of hydrogen-bond donors (Lipinski definition) is 0. The van der Waals surface area contributed by atoms with Crippen molar-refractivity contribution < 1.29 is 18.7 Å². The third-order valence-corrected chi connectivity index (χ3v) is 5.37. The maximum absolute atomic E-state index is 13.9. The first-order chi connectivity index (χ1) is 14.9. The van der Waals surface area contributed by atoms with Crippen LogP contribution in [-0.4, -0.2) is 50.7 Å². The van der Waals surface area contributed by atoms with Crippen LogP contribution in [0.15, 0.2) is 36.4 Å². The van der Waals surface area contributed by atoms with Crippen LogP contribution in [0.4, 0.5) is 10.1 Å². The number of halogens is 1. The van der Waals surface area contributed by atoms with E-state index in [0.717, 1.165) is 6.42 Å². The number of carbonyl (C=O) groups excluding carboxylic acids is 1. The predicted octanol–water partition coefficient (Wildman–Crippen LogP) is 4.09. The summed E-state index contributed by atoms with van der Waals surface area (Å²) >= 11 is 0. The Kier molecular flexibility index (Phi) is 7.35. The number of nitriles is 1. The lowest BCUT2D eigenvalue weighted by atomic mass is 10.1. The van der Waals surface area contributed by atoms with E-state index in [4.69, 9.17) is 9.47 Å². The van der Waals surface area contributed by atoms with E-state index in [1.165, 1.54) is 6.07 Å². The van der Waals surface area contributed by atoms with Crippen LogP contribution in [0.5, 0.6) is 11.5 Å². The van der Waals surface area contributed by atoms with E-state index in [1.807, 2.05) is 11.0 Å². The zero-order valence-corrected chi connectivity index (χ0v) is 18.2. The quantitative estimate of drug-likeness (QED) is 0.668. The van der Waals surface area contributed by atoms with Crippen molar-refractivity contribution >= 4 is 11.6 Å². The molecule has 0 atom stereocenters. The fourth-order valence-electron chi connectivity index (χ4n) is 3.54. The molecule has 0 unspecified atom stereocenters. The minimum absolute atomic E-state index is 0.0417. The van der Waals surface area contributed by atoms with Gasteiger partial charge in [-0.05, 0) is 42.7 Å². The molecule has 6 nitrogen and oxygen atoms in total. The molecule has 31 heavy (non-hydrogen) atoms. The molecular formula is C24H28FN3O3. The highest BCUT2D eigenvalue weighted by Crippen LogP contribution is 2.29. The number of piperazine rings is 1. The second-order valence-corrected chi connectivity index (χ2v) is 7.92. The van der Waals surface area contributed by atoms with Crippen molar-refractivity contribution in [3.05, 3.63) is 53.3 Å². The zero-order chi connectivity index (χ0) is 22.4. The van der Waals surface area contributed by atoms with Crippen LogP contribution >= 0.6 is 0 Å². The summed E-state index contributed by atoms with van der Waals surface area (Å²) in [5, 5.41) is 9.27. The molecule has 0 bridgehead atoms. The first-order valence-electron chi connectivity index (χ1n) is 10.5. The first-order valence-corrected chi connectivity index (χ1v) is 10.5. The number of nitrogens with zero attached hydrogens (tertiary/aromatic N) is 3. The molecule has 0 aliphatic carbocycles. The van der Waals surface area contributed by atoms with Gasteiger partial charge in [0.1, 0.15) is 17.4 Å². The van der Waals surface area contributed by atoms with E-state index in [9.17, 15) is 14.4 Å². The highest BCUT2D eigenvalue weighted by molar-refractivity contribution is 5.95. The summed E-state index contributed by atoms with van der Waals surface area (Å²) in [4.78, 5) is 16.7. The third-order valence-electron chi connectivity index (χ3n) is 5.37. The summed E-state index contributed by atoms with van der Waals surface area (Å²) in [6.07, 6.45) is 0.937. The lowest BCUT2D eigenvalue weighted by Gasteiger charge is -2.36. The van der Waals surface area contributed by atoms with Crippen molar-refractivity contribution in [1.29, 1.82) is 5.26 Å². The number of hydrogen-bond acceptors (Lipinski definition) is 5. The largest absolute Gasteiger partial charge is 0.493 e. The summed E-state index contributed by atoms with van der Waals surface area (Å²) in [6.45, 7) is 6.88. The molecule has 1 heterocycles. The molecule has 3 rings (SSSR count). The Morgan fingerprint density at radius 1 is 1.16 bits per heavy atom. The van der Waals surface area contributed by atoms with Gasteiger partial charge in [0.05, 0.1) is 19.4 Å². The molecule has 2 aromatic carbocycles. The Labute approximate surface area is 182 Å². The average molecular weight is 426 g/mol. The van der Waals surface area contributed by atoms with Gasteiger partial charge in [0.15, 0.2) is 11.5 Å². The standard InChI is InChI=1S/C24H28FN3O3/c1-17(2)9-14-31-22-8-7-18(15-23(22)30-3)24(29)28-12-10-27(11-13-28)21-6-4-5-20(25)19(21)16-26/h4-8,15,17H,9-14H2,1-3H3. The van der Waals surface area contributed by atoms with Crippen molar-refractivity contribution in [2.45, 2.75) is 20.3 Å². The summed E-state index contributed by atoms with van der Waals surface area (Å²) in [7, 11) is 1.56. The third kappa shape index (κ3) is 5.26. The van der Waals surface area contributed by atoms with Gasteiger partial charge in [-0.25, -0.2) is 4.39 Å². The van der Waals surface area contributed by atoms with Crippen molar-refractivity contribution in [2.75, 3.05) is 44.8 Å². The zero-order valence-electron chi connectivity index (χ0n) is 18.2. The smallest absolute Gasteiger partial charge is 0.254 e. The van der Waals surface area contributed by atoms with Gasteiger partial charge in [-0.1, -0.05) is 19.9 Å². The van der Waals surface area contributed by atoms with Crippen LogP contribution in [0.2, 0.25) is 0 Å². The molecule has 0 saturated carbocycles. The van der Waals surface area contributed by atoms with Crippen molar-refractivity contribution in [2.24, 2.45) is 5.92 Å². The van der Waals surface area contributed by atoms with Gasteiger partial charge >= 0.3 is 0 Å². The monoisotopic (exact) mass is 425 g/mol. The molecule has 164 valence electrons. The minimum atomic E-state index is -0.527. The van der Waals surface area contributed by atoms with Crippen LogP contribution in [0.25, 0.3) is 0 Å². The molecule has 0 aromatic heterocycles. The van der Waals surface area contributed by atoms with E-state index >= 15 is 0 Å². The molecule has 1 saturated heterocycles. The maximum atomic E-state index is 13.9. The second-order valence-electron chi connectivity index (χ2n) is 7.92. The van der Waals surface area contributed by atoms with Crippen LogP contribution in [-0.2, 0) is 0 Å². The Morgan fingerprint density at radius 2 is 1.90 bits per heavy atom. The predicted molar refractivity (Wildman–Crippen MR) is 117 cm³/mol. The number of carbonyl (C=O) groups is 1. The first kappa shape index (κ1) is 22.4. The Balaban J connectivity index is 1.65. The number of anilines is 1. The van der Waals surface area contributed by atoms with Crippen LogP contribution in [0.3, 0.4) is 0 Å². The van der Waals surface area contributed by atoms with E-state index in [-0.39, 0.29) is 11.5 Å². The van der Waals surface area contributed by atoms with Crippen LogP contribution in [0, 0.1) is 23.1 Å². The Hall–Kier alpha value is -3.27. The van der Waals surface area contributed by atoms with Gasteiger partial charge < -0.3 is 19.3 Å². The van der Waals surface area contributed by atoms with Gasteiger partial charge in [0.2, 0.25) is 0 Å². The lowest BCUT2D eigenvalue weighted by Crippen LogP contribution is -2.49. The van der Waals surface area contributed by atoms with Gasteiger partial charge in [-0.2, -0.15) is 5.26 Å². The number of methoxy groups -OCH3 is 1. The van der Waals surface area contributed by atoms with Gasteiger partial charge in [-0.15, -0.1) is 0 Å². The van der Waals surface area contributed by atoms with Gasteiger partial charge in [0, 0.05) is 31.7 Å². The minimum Gasteiger partial charge on any atom is -0.493 e. The number of amides is 1. The van der Waals surface area contributed by atoms with Gasteiger partial charge in [-0.3, -0.25) is 4.79 Å². The van der Waals surface area contributed by atoms with E-state index < -0.39 is 5.82 Å². The highest BCUT2D eigenvalue weighted by Gasteiger charge is 2.25. The molecule has 0 radical (unpaired) electrons. The van der Waals surface area contributed by atoms with E-state index in [2.05, 4.69) is 13.8 Å². The number of ether oxygens (including phenoxy) is 2. The van der Waals surface area contributed by atoms with Crippen LogP contribution in [0.1, 0.15) is 36.2 Å². The topological polar surface area (TPSA) is 65.8 Å². The maximum Gasteiger partial charge on any atom is 0.254 e. The molecule has 1 amide bonds. The molecule has 0 N–H and O–H groups in total. The van der Waals surface area contributed by atoms with Crippen molar-refractivity contribution in [1.82, 2.24) is 4.90 Å². The van der Waals surface area contributed by atoms with Crippen molar-refractivity contribution in [3.8, 4) is 17.6 Å². The fraction of sp³-hybridized carbons (Fsp3) is 0.417. The summed E-state index contributed by atoms with van der Waals surface area (Å²) in [5.74, 6) is 1.08. The number of rotatable bonds is 7. The van der Waals surface area contributed by atoms with Gasteiger partial charge in [0.25, 0.3) is 5.91 Å². The molecule has 1 aliphatic heterocycles. The van der Waals surface area contributed by atoms with Crippen molar-refractivity contribution in [3.63, 3.8) is 0 Å². The number of benzene rings is 2.